The molecule has 1 atom stereocenters. The molecule has 2 rings (SSSR count). The Morgan fingerprint density at radius 3 is 2.62 bits per heavy atom. The summed E-state index contributed by atoms with van der Waals surface area (Å²) in [7, 11) is 0. The first kappa shape index (κ1) is 13.7. The molecule has 0 saturated carbocycles. The molecule has 1 aromatic heterocycles. The van der Waals surface area contributed by atoms with E-state index in [9.17, 15) is 0 Å². The molecule has 1 nitrogen and oxygen atoms in total. The van der Waals surface area contributed by atoms with E-state index < -0.39 is 0 Å². The zero-order valence-electron chi connectivity index (χ0n) is 8.81. The second kappa shape index (κ2) is 5.82. The van der Waals surface area contributed by atoms with Gasteiger partial charge < -0.3 is 5.73 Å². The van der Waals surface area contributed by atoms with Gasteiger partial charge >= 0.3 is 0 Å². The van der Waals surface area contributed by atoms with Crippen LogP contribution in [0.3, 0.4) is 0 Å². The van der Waals surface area contributed by atoms with E-state index in [0.717, 1.165) is 10.0 Å². The van der Waals surface area contributed by atoms with Crippen molar-refractivity contribution in [3.63, 3.8) is 0 Å². The van der Waals surface area contributed by atoms with Gasteiger partial charge in [0.25, 0.3) is 0 Å². The Morgan fingerprint density at radius 2 is 2.06 bits per heavy atom. The Hall–Kier alpha value is -0.350. The SMILES string of the molecule is Cc1ccc([C@H](N)c2cccs2)c(Br)c1.Cl. The molecule has 1 heterocycles. The van der Waals surface area contributed by atoms with Gasteiger partial charge in [0, 0.05) is 9.35 Å². The van der Waals surface area contributed by atoms with E-state index >= 15 is 0 Å². The van der Waals surface area contributed by atoms with Crippen molar-refractivity contribution in [3.8, 4) is 0 Å². The summed E-state index contributed by atoms with van der Waals surface area (Å²) in [5, 5.41) is 2.05. The highest BCUT2D eigenvalue weighted by molar-refractivity contribution is 9.10. The molecule has 1 aromatic carbocycles. The Morgan fingerprint density at radius 1 is 1.31 bits per heavy atom. The number of thiophene rings is 1. The number of benzene rings is 1. The van der Waals surface area contributed by atoms with Crippen LogP contribution in [0.1, 0.15) is 22.0 Å². The fourth-order valence-electron chi connectivity index (χ4n) is 1.51. The monoisotopic (exact) mass is 317 g/mol. The van der Waals surface area contributed by atoms with Gasteiger partial charge in [0.1, 0.15) is 0 Å². The predicted octanol–water partition coefficient (Wildman–Crippen LogP) is 4.29. The lowest BCUT2D eigenvalue weighted by atomic mass is 10.0. The number of halogens is 2. The van der Waals surface area contributed by atoms with Gasteiger partial charge in [-0.15, -0.1) is 23.7 Å². The highest BCUT2D eigenvalue weighted by Crippen LogP contribution is 2.29. The fraction of sp³-hybridized carbons (Fsp3) is 0.167. The third-order valence-electron chi connectivity index (χ3n) is 2.34. The second-order valence-corrected chi connectivity index (χ2v) is 5.35. The van der Waals surface area contributed by atoms with Crippen LogP contribution >= 0.6 is 39.7 Å². The summed E-state index contributed by atoms with van der Waals surface area (Å²) >= 11 is 5.25. The highest BCUT2D eigenvalue weighted by atomic mass is 79.9. The van der Waals surface area contributed by atoms with Gasteiger partial charge in [0.2, 0.25) is 0 Å². The average molecular weight is 319 g/mol. The molecular weight excluding hydrogens is 306 g/mol. The molecule has 0 aliphatic carbocycles. The van der Waals surface area contributed by atoms with Crippen LogP contribution in [0, 0.1) is 6.92 Å². The Bertz CT molecular complexity index is 456. The highest BCUT2D eigenvalue weighted by Gasteiger charge is 2.12. The molecule has 16 heavy (non-hydrogen) atoms. The fourth-order valence-corrected chi connectivity index (χ4v) is 2.99. The van der Waals surface area contributed by atoms with E-state index in [0.29, 0.717) is 0 Å². The Balaban J connectivity index is 0.00000128. The van der Waals surface area contributed by atoms with Crippen molar-refractivity contribution in [3.05, 3.63) is 56.2 Å². The smallest absolute Gasteiger partial charge is 0.0657 e. The van der Waals surface area contributed by atoms with Crippen molar-refractivity contribution in [2.75, 3.05) is 0 Å². The topological polar surface area (TPSA) is 26.0 Å². The number of rotatable bonds is 2. The first-order chi connectivity index (χ1) is 7.18. The molecule has 4 heteroatoms. The van der Waals surface area contributed by atoms with Crippen LogP contribution in [0.4, 0.5) is 0 Å². The number of nitrogens with two attached hydrogens (primary N) is 1. The molecule has 0 saturated heterocycles. The zero-order chi connectivity index (χ0) is 10.8. The molecule has 0 radical (unpaired) electrons. The maximum Gasteiger partial charge on any atom is 0.0657 e. The number of hydrogen-bond donors (Lipinski definition) is 1. The molecular formula is C12H13BrClNS. The molecule has 0 fully saturated rings. The maximum absolute atomic E-state index is 6.19. The normalized spacial score (nSPS) is 11.9. The van der Waals surface area contributed by atoms with Crippen molar-refractivity contribution < 1.29 is 0 Å². The minimum atomic E-state index is -0.0278. The van der Waals surface area contributed by atoms with Gasteiger partial charge in [-0.2, -0.15) is 0 Å². The largest absolute Gasteiger partial charge is 0.320 e. The summed E-state index contributed by atoms with van der Waals surface area (Å²) in [5.41, 5.74) is 8.57. The van der Waals surface area contributed by atoms with Crippen LogP contribution in [0.2, 0.25) is 0 Å². The second-order valence-electron chi connectivity index (χ2n) is 3.52. The van der Waals surface area contributed by atoms with Gasteiger partial charge in [-0.1, -0.05) is 34.1 Å². The van der Waals surface area contributed by atoms with Crippen molar-refractivity contribution >= 4 is 39.7 Å². The van der Waals surface area contributed by atoms with Crippen LogP contribution in [0.15, 0.2) is 40.2 Å². The molecule has 0 amide bonds. The lowest BCUT2D eigenvalue weighted by Crippen LogP contribution is -2.10. The van der Waals surface area contributed by atoms with Crippen molar-refractivity contribution in [1.29, 1.82) is 0 Å². The minimum absolute atomic E-state index is 0. The summed E-state index contributed by atoms with van der Waals surface area (Å²) in [5.74, 6) is 0. The van der Waals surface area contributed by atoms with Crippen LogP contribution in [-0.2, 0) is 0 Å². The Labute approximate surface area is 114 Å². The van der Waals surface area contributed by atoms with E-state index in [2.05, 4.69) is 52.5 Å². The van der Waals surface area contributed by atoms with Crippen LogP contribution < -0.4 is 5.73 Å². The van der Waals surface area contributed by atoms with Crippen LogP contribution in [0.5, 0.6) is 0 Å². The van der Waals surface area contributed by atoms with E-state index in [-0.39, 0.29) is 18.4 Å². The lowest BCUT2D eigenvalue weighted by molar-refractivity contribution is 0.886. The van der Waals surface area contributed by atoms with Crippen molar-refractivity contribution in [2.24, 2.45) is 5.73 Å². The molecule has 0 bridgehead atoms. The first-order valence-electron chi connectivity index (χ1n) is 4.73. The predicted molar refractivity (Wildman–Crippen MR) is 76.5 cm³/mol. The van der Waals surface area contributed by atoms with Gasteiger partial charge in [-0.3, -0.25) is 0 Å². The molecule has 0 aliphatic rings. The van der Waals surface area contributed by atoms with Gasteiger partial charge in [-0.25, -0.2) is 0 Å². The molecule has 0 unspecified atom stereocenters. The lowest BCUT2D eigenvalue weighted by Gasteiger charge is -2.12. The average Bonchev–Trinajstić information content (AvgIpc) is 2.69. The van der Waals surface area contributed by atoms with E-state index in [1.165, 1.54) is 10.4 Å². The summed E-state index contributed by atoms with van der Waals surface area (Å²) in [4.78, 5) is 1.19. The third-order valence-corrected chi connectivity index (χ3v) is 3.98. The minimum Gasteiger partial charge on any atom is -0.320 e. The first-order valence-corrected chi connectivity index (χ1v) is 6.41. The van der Waals surface area contributed by atoms with Crippen LogP contribution in [-0.4, -0.2) is 0 Å². The number of hydrogen-bond acceptors (Lipinski definition) is 2. The standard InChI is InChI=1S/C12H12BrNS.ClH/c1-8-4-5-9(10(13)7-8)12(14)11-3-2-6-15-11;/h2-7,12H,14H2,1H3;1H/t12-;/m0./s1. The summed E-state index contributed by atoms with van der Waals surface area (Å²) in [6.45, 7) is 2.07. The third kappa shape index (κ3) is 2.86. The van der Waals surface area contributed by atoms with Crippen molar-refractivity contribution in [1.82, 2.24) is 0 Å². The zero-order valence-corrected chi connectivity index (χ0v) is 12.0. The summed E-state index contributed by atoms with van der Waals surface area (Å²) in [6.07, 6.45) is 0. The molecule has 86 valence electrons. The maximum atomic E-state index is 6.19. The van der Waals surface area contributed by atoms with Gasteiger partial charge in [-0.05, 0) is 35.6 Å². The van der Waals surface area contributed by atoms with Crippen LogP contribution in [0.25, 0.3) is 0 Å². The quantitative estimate of drug-likeness (QED) is 0.878. The van der Waals surface area contributed by atoms with E-state index in [4.69, 9.17) is 5.73 Å². The molecule has 0 spiro atoms. The summed E-state index contributed by atoms with van der Waals surface area (Å²) < 4.78 is 1.09. The van der Waals surface area contributed by atoms with E-state index in [1.807, 2.05) is 6.07 Å². The Kier molecular flexibility index (Phi) is 4.99. The van der Waals surface area contributed by atoms with Gasteiger partial charge in [0.05, 0.1) is 6.04 Å². The number of aryl methyl sites for hydroxylation is 1. The molecule has 2 N–H and O–H groups in total. The molecule has 0 aliphatic heterocycles. The summed E-state index contributed by atoms with van der Waals surface area (Å²) in [6, 6.07) is 10.4. The van der Waals surface area contributed by atoms with E-state index in [1.54, 1.807) is 11.3 Å². The van der Waals surface area contributed by atoms with Gasteiger partial charge in [0.15, 0.2) is 0 Å². The molecule has 2 aromatic rings. The van der Waals surface area contributed by atoms with Crippen molar-refractivity contribution in [2.45, 2.75) is 13.0 Å².